The Hall–Kier alpha value is -1.09. The van der Waals surface area contributed by atoms with E-state index in [0.29, 0.717) is 48.3 Å². The molecule has 0 amide bonds. The fourth-order valence-corrected chi connectivity index (χ4v) is 5.37. The fraction of sp³-hybridized carbons (Fsp3) is 0.333. The average Bonchev–Trinajstić information content (AvgIpc) is 2.85. The van der Waals surface area contributed by atoms with Crippen LogP contribution in [0, 0.1) is 0 Å². The largest absolute Gasteiger partial charge is 0.379 e. The van der Waals surface area contributed by atoms with Crippen LogP contribution in [0.5, 0.6) is 0 Å². The molecule has 0 aromatic heterocycles. The highest BCUT2D eigenvalue weighted by Gasteiger charge is 2.39. The molecule has 0 bridgehead atoms. The fourth-order valence-electron chi connectivity index (χ4n) is 3.18. The van der Waals surface area contributed by atoms with Crippen molar-refractivity contribution < 1.29 is 18.3 Å². The van der Waals surface area contributed by atoms with Gasteiger partial charge in [-0.3, -0.25) is 0 Å². The standard InChI is InChI=1S/C15H14Cl2N2O4S/c16-11-8-12(24(21,22)19-4-6-23-7-5-19)9-2-1-3-10-13(9)14(11)18-15(10,17)20/h1-3,8,18,20H,4-7H2. The van der Waals surface area contributed by atoms with Crippen LogP contribution in [0.15, 0.2) is 29.2 Å². The summed E-state index contributed by atoms with van der Waals surface area (Å²) in [5, 5.41) is 12.4. The van der Waals surface area contributed by atoms with Crippen molar-refractivity contribution in [2.24, 2.45) is 0 Å². The summed E-state index contributed by atoms with van der Waals surface area (Å²) < 4.78 is 32.7. The molecule has 1 fully saturated rings. The molecular weight excluding hydrogens is 375 g/mol. The first kappa shape index (κ1) is 16.4. The summed E-state index contributed by atoms with van der Waals surface area (Å²) in [7, 11) is -3.74. The van der Waals surface area contributed by atoms with Gasteiger partial charge in [0, 0.05) is 29.4 Å². The predicted octanol–water partition coefficient (Wildman–Crippen LogP) is 2.28. The summed E-state index contributed by atoms with van der Waals surface area (Å²) in [6, 6.07) is 6.39. The Morgan fingerprint density at radius 2 is 2.00 bits per heavy atom. The van der Waals surface area contributed by atoms with Crippen molar-refractivity contribution in [1.29, 1.82) is 0 Å². The number of nitrogens with zero attached hydrogens (tertiary/aromatic N) is 1. The lowest BCUT2D eigenvalue weighted by Crippen LogP contribution is -2.40. The summed E-state index contributed by atoms with van der Waals surface area (Å²) in [6.45, 7) is 1.30. The molecule has 1 unspecified atom stereocenters. The molecule has 0 spiro atoms. The summed E-state index contributed by atoms with van der Waals surface area (Å²) in [6.07, 6.45) is 0. The lowest BCUT2D eigenvalue weighted by atomic mass is 10.1. The molecule has 2 aliphatic rings. The molecule has 2 N–H and O–H groups in total. The van der Waals surface area contributed by atoms with Gasteiger partial charge >= 0.3 is 0 Å². The molecule has 2 heterocycles. The van der Waals surface area contributed by atoms with Crippen LogP contribution in [0.2, 0.25) is 5.02 Å². The maximum Gasteiger partial charge on any atom is 0.243 e. The molecule has 0 radical (unpaired) electrons. The maximum atomic E-state index is 13.1. The SMILES string of the molecule is O=S(=O)(c1cc(Cl)c2c3c(cccc13)C(O)(Cl)N2)N1CCOCC1. The van der Waals surface area contributed by atoms with Gasteiger partial charge in [0.1, 0.15) is 0 Å². The molecule has 2 aromatic carbocycles. The first-order valence-corrected chi connectivity index (χ1v) is 9.55. The molecule has 128 valence electrons. The van der Waals surface area contributed by atoms with Gasteiger partial charge in [0.2, 0.25) is 15.2 Å². The molecule has 9 heteroatoms. The summed E-state index contributed by atoms with van der Waals surface area (Å²) in [5.74, 6) is 0. The minimum atomic E-state index is -3.74. The quantitative estimate of drug-likeness (QED) is 0.609. The molecule has 0 saturated carbocycles. The molecule has 24 heavy (non-hydrogen) atoms. The van der Waals surface area contributed by atoms with Crippen LogP contribution in [0.3, 0.4) is 0 Å². The number of aliphatic hydroxyl groups is 1. The molecule has 1 saturated heterocycles. The second-order valence-corrected chi connectivity index (χ2v) is 8.58. The van der Waals surface area contributed by atoms with E-state index < -0.39 is 15.2 Å². The van der Waals surface area contributed by atoms with Crippen LogP contribution in [0.4, 0.5) is 5.69 Å². The van der Waals surface area contributed by atoms with Gasteiger partial charge in [0.15, 0.2) is 0 Å². The van der Waals surface area contributed by atoms with Gasteiger partial charge in [-0.05, 0) is 6.07 Å². The van der Waals surface area contributed by atoms with Gasteiger partial charge in [0.05, 0.1) is 28.8 Å². The van der Waals surface area contributed by atoms with Gasteiger partial charge in [-0.15, -0.1) is 0 Å². The molecule has 1 atom stereocenters. The number of sulfonamides is 1. The third-order valence-electron chi connectivity index (χ3n) is 4.31. The van der Waals surface area contributed by atoms with E-state index in [1.54, 1.807) is 18.2 Å². The Morgan fingerprint density at radius 3 is 2.71 bits per heavy atom. The van der Waals surface area contributed by atoms with E-state index in [1.807, 2.05) is 0 Å². The third kappa shape index (κ3) is 2.31. The number of hydrogen-bond acceptors (Lipinski definition) is 5. The Balaban J connectivity index is 1.99. The molecule has 2 aliphatic heterocycles. The Kier molecular flexibility index (Phi) is 3.72. The Bertz CT molecular complexity index is 940. The van der Waals surface area contributed by atoms with Gasteiger partial charge in [-0.1, -0.05) is 41.4 Å². The van der Waals surface area contributed by atoms with Crippen molar-refractivity contribution in [3.8, 4) is 0 Å². The average molecular weight is 389 g/mol. The van der Waals surface area contributed by atoms with Gasteiger partial charge in [0.25, 0.3) is 0 Å². The van der Waals surface area contributed by atoms with Crippen LogP contribution in [0.1, 0.15) is 5.56 Å². The first-order valence-electron chi connectivity index (χ1n) is 7.35. The zero-order valence-electron chi connectivity index (χ0n) is 12.4. The van der Waals surface area contributed by atoms with E-state index in [9.17, 15) is 13.5 Å². The summed E-state index contributed by atoms with van der Waals surface area (Å²) in [4.78, 5) is 0.103. The topological polar surface area (TPSA) is 78.9 Å². The van der Waals surface area contributed by atoms with Crippen molar-refractivity contribution in [2.75, 3.05) is 31.6 Å². The Labute approximate surface area is 149 Å². The number of halogens is 2. The van der Waals surface area contributed by atoms with Crippen LogP contribution in [-0.4, -0.2) is 44.1 Å². The lowest BCUT2D eigenvalue weighted by molar-refractivity contribution is 0.0730. The predicted molar refractivity (Wildman–Crippen MR) is 91.9 cm³/mol. The molecule has 4 rings (SSSR count). The van der Waals surface area contributed by atoms with E-state index in [2.05, 4.69) is 5.32 Å². The normalized spacial score (nSPS) is 24.3. The van der Waals surface area contributed by atoms with Crippen molar-refractivity contribution in [3.05, 3.63) is 34.9 Å². The molecule has 2 aromatic rings. The van der Waals surface area contributed by atoms with Gasteiger partial charge < -0.3 is 15.2 Å². The van der Waals surface area contributed by atoms with E-state index in [4.69, 9.17) is 27.9 Å². The second kappa shape index (κ2) is 5.45. The number of rotatable bonds is 2. The molecule has 0 aliphatic carbocycles. The minimum absolute atomic E-state index is 0.103. The van der Waals surface area contributed by atoms with Crippen molar-refractivity contribution in [1.82, 2.24) is 4.31 Å². The minimum Gasteiger partial charge on any atom is -0.379 e. The van der Waals surface area contributed by atoms with Crippen LogP contribution < -0.4 is 5.32 Å². The van der Waals surface area contributed by atoms with E-state index in [0.717, 1.165) is 0 Å². The molecular formula is C15H14Cl2N2O4S. The van der Waals surface area contributed by atoms with Crippen molar-refractivity contribution >= 4 is 49.7 Å². The highest BCUT2D eigenvalue weighted by molar-refractivity contribution is 7.89. The van der Waals surface area contributed by atoms with E-state index in [1.165, 1.54) is 10.4 Å². The van der Waals surface area contributed by atoms with Gasteiger partial charge in [-0.2, -0.15) is 4.31 Å². The first-order chi connectivity index (χ1) is 11.3. The smallest absolute Gasteiger partial charge is 0.243 e. The zero-order valence-corrected chi connectivity index (χ0v) is 14.7. The number of alkyl halides is 1. The monoisotopic (exact) mass is 388 g/mol. The Morgan fingerprint density at radius 1 is 1.29 bits per heavy atom. The maximum absolute atomic E-state index is 13.1. The van der Waals surface area contributed by atoms with Gasteiger partial charge in [-0.25, -0.2) is 8.42 Å². The lowest BCUT2D eigenvalue weighted by Gasteiger charge is -2.26. The molecule has 6 nitrogen and oxygen atoms in total. The third-order valence-corrected chi connectivity index (χ3v) is 6.85. The number of ether oxygens (including phenoxy) is 1. The van der Waals surface area contributed by atoms with E-state index in [-0.39, 0.29) is 9.92 Å². The number of hydrogen-bond donors (Lipinski definition) is 2. The highest BCUT2D eigenvalue weighted by Crippen LogP contribution is 2.48. The number of morpholine rings is 1. The number of anilines is 1. The second-order valence-electron chi connectivity index (χ2n) is 5.72. The van der Waals surface area contributed by atoms with E-state index >= 15 is 0 Å². The zero-order chi connectivity index (χ0) is 17.1. The summed E-state index contributed by atoms with van der Waals surface area (Å²) >= 11 is 12.4. The number of nitrogens with one attached hydrogen (secondary N) is 1. The van der Waals surface area contributed by atoms with Crippen LogP contribution >= 0.6 is 23.2 Å². The van der Waals surface area contributed by atoms with Crippen molar-refractivity contribution in [2.45, 2.75) is 10.1 Å². The van der Waals surface area contributed by atoms with Crippen molar-refractivity contribution in [3.63, 3.8) is 0 Å². The van der Waals surface area contributed by atoms with Crippen LogP contribution in [0.25, 0.3) is 10.8 Å². The summed E-state index contributed by atoms with van der Waals surface area (Å²) in [5.41, 5.74) is 0.818. The van der Waals surface area contributed by atoms with Crippen LogP contribution in [-0.2, 0) is 19.9 Å². The number of benzene rings is 2. The highest BCUT2D eigenvalue weighted by atomic mass is 35.5.